The minimum absolute atomic E-state index is 0.00162. The topological polar surface area (TPSA) is 79.5 Å². The maximum absolute atomic E-state index is 12.3. The predicted octanol–water partition coefficient (Wildman–Crippen LogP) is 2.84. The second-order valence-electron chi connectivity index (χ2n) is 4.36. The van der Waals surface area contributed by atoms with Crippen molar-refractivity contribution >= 4 is 27.3 Å². The van der Waals surface area contributed by atoms with Crippen LogP contribution in [0.15, 0.2) is 33.6 Å². The van der Waals surface area contributed by atoms with E-state index in [2.05, 4.69) is 4.72 Å². The van der Waals surface area contributed by atoms with Crippen LogP contribution in [-0.4, -0.2) is 13.5 Å². The maximum atomic E-state index is 12.3. The first-order valence-corrected chi connectivity index (χ1v) is 7.69. The van der Waals surface area contributed by atoms with Crippen molar-refractivity contribution < 1.29 is 17.9 Å². The number of benzene rings is 1. The van der Waals surface area contributed by atoms with E-state index in [0.29, 0.717) is 10.7 Å². The molecule has 1 aromatic carbocycles. The van der Waals surface area contributed by atoms with Crippen LogP contribution in [0.4, 0.5) is 5.69 Å². The standard InChI is InChI=1S/C13H14ClNO4S/c1-8-3-4-10(5-12(8)14)15-20(17,18)13-6-11(7-16)19-9(13)2/h3-6,15-16H,7H2,1-2H3. The number of hydrogen-bond donors (Lipinski definition) is 2. The average molecular weight is 316 g/mol. The first-order chi connectivity index (χ1) is 9.33. The molecule has 0 aliphatic carbocycles. The first kappa shape index (κ1) is 14.9. The van der Waals surface area contributed by atoms with E-state index in [1.807, 2.05) is 6.92 Å². The Morgan fingerprint density at radius 3 is 2.55 bits per heavy atom. The Morgan fingerprint density at radius 1 is 1.30 bits per heavy atom. The number of aryl methyl sites for hydroxylation is 2. The third-order valence-corrected chi connectivity index (χ3v) is 4.69. The van der Waals surface area contributed by atoms with Gasteiger partial charge in [0, 0.05) is 11.1 Å². The summed E-state index contributed by atoms with van der Waals surface area (Å²) in [6.45, 7) is 3.00. The third-order valence-electron chi connectivity index (χ3n) is 2.79. The van der Waals surface area contributed by atoms with Gasteiger partial charge in [0.1, 0.15) is 23.0 Å². The summed E-state index contributed by atoms with van der Waals surface area (Å²) >= 11 is 5.96. The highest BCUT2D eigenvalue weighted by Crippen LogP contribution is 2.25. The monoisotopic (exact) mass is 315 g/mol. The number of aliphatic hydroxyl groups is 1. The molecule has 2 N–H and O–H groups in total. The quantitative estimate of drug-likeness (QED) is 0.909. The Morgan fingerprint density at radius 2 is 2.00 bits per heavy atom. The Kier molecular flexibility index (Phi) is 4.08. The summed E-state index contributed by atoms with van der Waals surface area (Å²) in [7, 11) is -3.78. The lowest BCUT2D eigenvalue weighted by Gasteiger charge is -2.08. The van der Waals surface area contributed by atoms with Crippen molar-refractivity contribution in [2.75, 3.05) is 4.72 Å². The van der Waals surface area contributed by atoms with Crippen molar-refractivity contribution in [1.29, 1.82) is 0 Å². The van der Waals surface area contributed by atoms with Gasteiger partial charge in [-0.05, 0) is 31.5 Å². The van der Waals surface area contributed by atoms with Crippen molar-refractivity contribution in [3.63, 3.8) is 0 Å². The fourth-order valence-corrected chi connectivity index (χ4v) is 3.17. The third kappa shape index (κ3) is 2.98. The highest BCUT2D eigenvalue weighted by Gasteiger charge is 2.21. The largest absolute Gasteiger partial charge is 0.462 e. The van der Waals surface area contributed by atoms with Gasteiger partial charge in [-0.25, -0.2) is 8.42 Å². The lowest BCUT2D eigenvalue weighted by Crippen LogP contribution is -2.13. The van der Waals surface area contributed by atoms with E-state index in [1.54, 1.807) is 12.1 Å². The number of furan rings is 1. The number of hydrogen-bond acceptors (Lipinski definition) is 4. The van der Waals surface area contributed by atoms with Gasteiger partial charge in [0.2, 0.25) is 0 Å². The highest BCUT2D eigenvalue weighted by atomic mass is 35.5. The van der Waals surface area contributed by atoms with Crippen LogP contribution < -0.4 is 4.72 Å². The number of nitrogens with one attached hydrogen (secondary N) is 1. The number of aliphatic hydroxyl groups excluding tert-OH is 1. The van der Waals surface area contributed by atoms with Gasteiger partial charge in [0.15, 0.2) is 0 Å². The van der Waals surface area contributed by atoms with Gasteiger partial charge in [-0.15, -0.1) is 0 Å². The van der Waals surface area contributed by atoms with Gasteiger partial charge in [0.25, 0.3) is 10.0 Å². The van der Waals surface area contributed by atoms with Crippen LogP contribution in [0.25, 0.3) is 0 Å². The second-order valence-corrected chi connectivity index (χ2v) is 6.42. The number of anilines is 1. The summed E-state index contributed by atoms with van der Waals surface area (Å²) in [5.41, 5.74) is 1.23. The molecule has 0 spiro atoms. The normalized spacial score (nSPS) is 11.6. The molecule has 108 valence electrons. The molecule has 1 heterocycles. The van der Waals surface area contributed by atoms with Gasteiger partial charge in [-0.3, -0.25) is 4.72 Å². The van der Waals surface area contributed by atoms with E-state index in [-0.39, 0.29) is 23.0 Å². The fourth-order valence-electron chi connectivity index (χ4n) is 1.74. The van der Waals surface area contributed by atoms with E-state index in [1.165, 1.54) is 19.1 Å². The molecule has 0 atom stereocenters. The summed E-state index contributed by atoms with van der Waals surface area (Å²) in [6.07, 6.45) is 0. The zero-order valence-corrected chi connectivity index (χ0v) is 12.5. The molecular formula is C13H14ClNO4S. The van der Waals surface area contributed by atoms with Crippen molar-refractivity contribution in [3.8, 4) is 0 Å². The lowest BCUT2D eigenvalue weighted by molar-refractivity contribution is 0.245. The summed E-state index contributed by atoms with van der Waals surface area (Å²) in [5.74, 6) is 0.421. The minimum Gasteiger partial charge on any atom is -0.462 e. The van der Waals surface area contributed by atoms with E-state index in [0.717, 1.165) is 5.56 Å². The Hall–Kier alpha value is -1.50. The van der Waals surface area contributed by atoms with Gasteiger partial charge in [-0.2, -0.15) is 0 Å². The van der Waals surface area contributed by atoms with E-state index in [9.17, 15) is 8.42 Å². The van der Waals surface area contributed by atoms with Crippen LogP contribution >= 0.6 is 11.6 Å². The second kappa shape index (κ2) is 5.47. The summed E-state index contributed by atoms with van der Waals surface area (Å²) in [4.78, 5) is -0.00162. The first-order valence-electron chi connectivity index (χ1n) is 5.82. The fraction of sp³-hybridized carbons (Fsp3) is 0.231. The van der Waals surface area contributed by atoms with E-state index in [4.69, 9.17) is 21.1 Å². The van der Waals surface area contributed by atoms with Crippen LogP contribution in [0.5, 0.6) is 0 Å². The van der Waals surface area contributed by atoms with Crippen LogP contribution in [0.3, 0.4) is 0 Å². The SMILES string of the molecule is Cc1ccc(NS(=O)(=O)c2cc(CO)oc2C)cc1Cl. The van der Waals surface area contributed by atoms with Crippen molar-refractivity contribution in [2.24, 2.45) is 0 Å². The molecule has 0 radical (unpaired) electrons. The zero-order chi connectivity index (χ0) is 14.9. The van der Waals surface area contributed by atoms with Crippen LogP contribution in [0.1, 0.15) is 17.1 Å². The Labute approximate surface area is 122 Å². The molecule has 7 heteroatoms. The molecule has 0 aliphatic heterocycles. The van der Waals surface area contributed by atoms with Crippen molar-refractivity contribution in [2.45, 2.75) is 25.3 Å². The summed E-state index contributed by atoms with van der Waals surface area (Å²) in [5, 5.41) is 9.45. The molecule has 0 bridgehead atoms. The van der Waals surface area contributed by atoms with Gasteiger partial charge in [-0.1, -0.05) is 17.7 Å². The molecule has 0 saturated carbocycles. The Balaban J connectivity index is 2.35. The maximum Gasteiger partial charge on any atom is 0.265 e. The number of rotatable bonds is 4. The Bertz CT molecular complexity index is 737. The van der Waals surface area contributed by atoms with Crippen molar-refractivity contribution in [3.05, 3.63) is 46.4 Å². The number of sulfonamides is 1. The molecule has 0 saturated heterocycles. The van der Waals surface area contributed by atoms with Crippen LogP contribution in [0, 0.1) is 13.8 Å². The number of halogens is 1. The minimum atomic E-state index is -3.78. The average Bonchev–Trinajstić information content (AvgIpc) is 2.76. The molecular weight excluding hydrogens is 302 g/mol. The van der Waals surface area contributed by atoms with Crippen LogP contribution in [-0.2, 0) is 16.6 Å². The van der Waals surface area contributed by atoms with Gasteiger partial charge in [0.05, 0.1) is 5.69 Å². The highest BCUT2D eigenvalue weighted by molar-refractivity contribution is 7.92. The molecule has 0 fully saturated rings. The zero-order valence-electron chi connectivity index (χ0n) is 11.0. The lowest BCUT2D eigenvalue weighted by atomic mass is 10.2. The summed E-state index contributed by atoms with van der Waals surface area (Å²) in [6, 6.07) is 6.19. The predicted molar refractivity (Wildman–Crippen MR) is 76.4 cm³/mol. The van der Waals surface area contributed by atoms with Gasteiger partial charge < -0.3 is 9.52 Å². The molecule has 5 nitrogen and oxygen atoms in total. The molecule has 0 aliphatic rings. The van der Waals surface area contributed by atoms with Crippen LogP contribution in [0.2, 0.25) is 5.02 Å². The molecule has 0 unspecified atom stereocenters. The van der Waals surface area contributed by atoms with Crippen molar-refractivity contribution in [1.82, 2.24) is 0 Å². The van der Waals surface area contributed by atoms with E-state index < -0.39 is 10.0 Å². The smallest absolute Gasteiger partial charge is 0.265 e. The molecule has 1 aromatic heterocycles. The van der Waals surface area contributed by atoms with Gasteiger partial charge >= 0.3 is 0 Å². The molecule has 2 rings (SSSR count). The summed E-state index contributed by atoms with van der Waals surface area (Å²) < 4.78 is 32.1. The van der Waals surface area contributed by atoms with E-state index >= 15 is 0 Å². The molecule has 20 heavy (non-hydrogen) atoms. The molecule has 2 aromatic rings. The molecule has 0 amide bonds.